The topological polar surface area (TPSA) is 38.9 Å². The van der Waals surface area contributed by atoms with E-state index in [-0.39, 0.29) is 13.0 Å². The fourth-order valence-corrected chi connectivity index (χ4v) is 2.04. The number of thiazole rings is 1. The molecule has 2 rings (SSSR count). The first-order valence-electron chi connectivity index (χ1n) is 3.59. The molecule has 1 saturated carbocycles. The molecule has 1 atom stereocenters. The highest BCUT2D eigenvalue weighted by molar-refractivity contribution is 7.07. The average molecular weight is 190 g/mol. The Labute approximate surface area is 72.4 Å². The number of hydrogen-bond donors (Lipinski definition) is 1. The van der Waals surface area contributed by atoms with Crippen molar-refractivity contribution in [3.8, 4) is 0 Å². The fourth-order valence-electron chi connectivity index (χ4n) is 1.39. The second-order valence-electron chi connectivity index (χ2n) is 3.04. The van der Waals surface area contributed by atoms with E-state index in [2.05, 4.69) is 4.98 Å². The first-order chi connectivity index (χ1) is 5.62. The van der Waals surface area contributed by atoms with Gasteiger partial charge >= 0.3 is 0 Å². The van der Waals surface area contributed by atoms with E-state index in [1.165, 1.54) is 11.3 Å². The summed E-state index contributed by atoms with van der Waals surface area (Å²) >= 11 is 1.32. The first kappa shape index (κ1) is 8.07. The molecule has 12 heavy (non-hydrogen) atoms. The van der Waals surface area contributed by atoms with Crippen LogP contribution in [0.25, 0.3) is 0 Å². The third kappa shape index (κ3) is 0.834. The van der Waals surface area contributed by atoms with Gasteiger partial charge in [0.1, 0.15) is 0 Å². The number of halogens is 2. The molecule has 1 aliphatic carbocycles. The summed E-state index contributed by atoms with van der Waals surface area (Å²) in [5.41, 5.74) is 6.18. The molecule has 2 nitrogen and oxygen atoms in total. The zero-order valence-corrected chi connectivity index (χ0v) is 7.07. The molecule has 1 aromatic rings. The maximum Gasteiger partial charge on any atom is 0.261 e. The van der Waals surface area contributed by atoms with Crippen LogP contribution in [-0.4, -0.2) is 17.5 Å². The zero-order chi connectivity index (χ0) is 8.82. The van der Waals surface area contributed by atoms with E-state index in [1.807, 2.05) is 0 Å². The van der Waals surface area contributed by atoms with Gasteiger partial charge < -0.3 is 5.73 Å². The first-order valence-corrected chi connectivity index (χ1v) is 4.53. The van der Waals surface area contributed by atoms with Crippen molar-refractivity contribution in [3.05, 3.63) is 16.6 Å². The van der Waals surface area contributed by atoms with E-state index in [1.54, 1.807) is 10.9 Å². The van der Waals surface area contributed by atoms with E-state index in [4.69, 9.17) is 5.73 Å². The molecule has 1 unspecified atom stereocenters. The lowest BCUT2D eigenvalue weighted by atomic mass is 10.0. The molecule has 1 heterocycles. The summed E-state index contributed by atoms with van der Waals surface area (Å²) in [5, 5.41) is 1.65. The van der Waals surface area contributed by atoms with Gasteiger partial charge in [0, 0.05) is 18.3 Å². The van der Waals surface area contributed by atoms with Gasteiger partial charge in [0.05, 0.1) is 16.6 Å². The van der Waals surface area contributed by atoms with Crippen LogP contribution >= 0.6 is 11.3 Å². The summed E-state index contributed by atoms with van der Waals surface area (Å²) in [6, 6.07) is 0. The molecule has 0 bridgehead atoms. The summed E-state index contributed by atoms with van der Waals surface area (Å²) in [6.07, 6.45) is -0.153. The highest BCUT2D eigenvalue weighted by Crippen LogP contribution is 2.60. The molecule has 0 amide bonds. The number of nitrogens with zero attached hydrogens (tertiary/aromatic N) is 1. The molecule has 1 aliphatic rings. The van der Waals surface area contributed by atoms with Gasteiger partial charge in [0.2, 0.25) is 0 Å². The Morgan fingerprint density at radius 1 is 1.67 bits per heavy atom. The van der Waals surface area contributed by atoms with Gasteiger partial charge in [-0.3, -0.25) is 0 Å². The van der Waals surface area contributed by atoms with Crippen LogP contribution in [0.2, 0.25) is 0 Å². The molecule has 0 aromatic carbocycles. The molecular weight excluding hydrogens is 182 g/mol. The second kappa shape index (κ2) is 2.23. The standard InChI is InChI=1S/C7H8F2N2S/c8-7(9)2-6(7,3-10)5-1-12-4-11-5/h1,4H,2-3,10H2. The summed E-state index contributed by atoms with van der Waals surface area (Å²) in [7, 11) is 0. The van der Waals surface area contributed by atoms with Crippen LogP contribution in [0.1, 0.15) is 12.1 Å². The van der Waals surface area contributed by atoms with Crippen molar-refractivity contribution in [1.29, 1.82) is 0 Å². The highest BCUT2D eigenvalue weighted by Gasteiger charge is 2.72. The van der Waals surface area contributed by atoms with Crippen LogP contribution in [-0.2, 0) is 5.41 Å². The Kier molecular flexibility index (Phi) is 1.50. The Morgan fingerprint density at radius 3 is 2.67 bits per heavy atom. The zero-order valence-electron chi connectivity index (χ0n) is 6.26. The molecule has 5 heteroatoms. The summed E-state index contributed by atoms with van der Waals surface area (Å²) in [5.74, 6) is -2.64. The van der Waals surface area contributed by atoms with Gasteiger partial charge in [-0.2, -0.15) is 0 Å². The monoisotopic (exact) mass is 190 g/mol. The second-order valence-corrected chi connectivity index (χ2v) is 3.76. The minimum absolute atomic E-state index is 0.0241. The smallest absolute Gasteiger partial charge is 0.261 e. The number of hydrogen-bond acceptors (Lipinski definition) is 3. The van der Waals surface area contributed by atoms with Crippen LogP contribution in [0.4, 0.5) is 8.78 Å². The van der Waals surface area contributed by atoms with Crippen LogP contribution in [0, 0.1) is 0 Å². The van der Waals surface area contributed by atoms with Crippen molar-refractivity contribution in [2.45, 2.75) is 17.8 Å². The maximum absolute atomic E-state index is 12.9. The van der Waals surface area contributed by atoms with Crippen LogP contribution in [0.15, 0.2) is 10.9 Å². The van der Waals surface area contributed by atoms with Crippen molar-refractivity contribution in [2.75, 3.05) is 6.54 Å². The molecule has 1 fully saturated rings. The predicted molar refractivity (Wildman–Crippen MR) is 42.4 cm³/mol. The quantitative estimate of drug-likeness (QED) is 0.765. The molecule has 66 valence electrons. The van der Waals surface area contributed by atoms with Crippen molar-refractivity contribution in [1.82, 2.24) is 4.98 Å². The Hall–Kier alpha value is -0.550. The fraction of sp³-hybridized carbons (Fsp3) is 0.571. The van der Waals surface area contributed by atoms with Gasteiger partial charge in [-0.15, -0.1) is 11.3 Å². The lowest BCUT2D eigenvalue weighted by molar-refractivity contribution is 0.0888. The van der Waals surface area contributed by atoms with E-state index in [0.717, 1.165) is 0 Å². The Bertz CT molecular complexity index is 286. The van der Waals surface area contributed by atoms with Gasteiger partial charge in [-0.1, -0.05) is 0 Å². The van der Waals surface area contributed by atoms with Crippen LogP contribution in [0.5, 0.6) is 0 Å². The van der Waals surface area contributed by atoms with E-state index in [0.29, 0.717) is 5.69 Å². The largest absolute Gasteiger partial charge is 0.329 e. The summed E-state index contributed by atoms with van der Waals surface area (Å²) in [6.45, 7) is -0.0241. The summed E-state index contributed by atoms with van der Waals surface area (Å²) < 4.78 is 25.8. The van der Waals surface area contributed by atoms with Crippen molar-refractivity contribution in [2.24, 2.45) is 5.73 Å². The van der Waals surface area contributed by atoms with Crippen molar-refractivity contribution < 1.29 is 8.78 Å². The van der Waals surface area contributed by atoms with Gasteiger partial charge in [-0.25, -0.2) is 13.8 Å². The summed E-state index contributed by atoms with van der Waals surface area (Å²) in [4.78, 5) is 3.88. The number of nitrogens with two attached hydrogens (primary N) is 1. The third-order valence-electron chi connectivity index (χ3n) is 2.37. The normalized spacial score (nSPS) is 31.9. The average Bonchev–Trinajstić information content (AvgIpc) is 2.52. The van der Waals surface area contributed by atoms with Gasteiger partial charge in [-0.05, 0) is 0 Å². The molecule has 0 aliphatic heterocycles. The van der Waals surface area contributed by atoms with Crippen LogP contribution < -0.4 is 5.73 Å². The lowest BCUT2D eigenvalue weighted by Crippen LogP contribution is -2.27. The van der Waals surface area contributed by atoms with Crippen LogP contribution in [0.3, 0.4) is 0 Å². The SMILES string of the molecule is NCC1(c2cscn2)CC1(F)F. The molecule has 0 radical (unpaired) electrons. The number of aromatic nitrogens is 1. The molecule has 1 aromatic heterocycles. The predicted octanol–water partition coefficient (Wildman–Crippen LogP) is 1.38. The van der Waals surface area contributed by atoms with Crippen molar-refractivity contribution >= 4 is 11.3 Å². The van der Waals surface area contributed by atoms with Gasteiger partial charge in [0.25, 0.3) is 5.92 Å². The third-order valence-corrected chi connectivity index (χ3v) is 2.96. The molecular formula is C7H8F2N2S. The molecule has 2 N–H and O–H groups in total. The lowest BCUT2D eigenvalue weighted by Gasteiger charge is -2.09. The minimum atomic E-state index is -2.64. The highest BCUT2D eigenvalue weighted by atomic mass is 32.1. The van der Waals surface area contributed by atoms with Crippen molar-refractivity contribution in [3.63, 3.8) is 0 Å². The van der Waals surface area contributed by atoms with E-state index >= 15 is 0 Å². The Morgan fingerprint density at radius 2 is 2.33 bits per heavy atom. The Balaban J connectivity index is 2.34. The maximum atomic E-state index is 12.9. The minimum Gasteiger partial charge on any atom is -0.329 e. The molecule has 0 saturated heterocycles. The molecule has 0 spiro atoms. The van der Waals surface area contributed by atoms with E-state index in [9.17, 15) is 8.78 Å². The number of rotatable bonds is 2. The number of alkyl halides is 2. The van der Waals surface area contributed by atoms with E-state index < -0.39 is 11.3 Å². The van der Waals surface area contributed by atoms with Gasteiger partial charge in [0.15, 0.2) is 0 Å².